The van der Waals surface area contributed by atoms with E-state index in [2.05, 4.69) is 25.2 Å². The van der Waals surface area contributed by atoms with Crippen molar-refractivity contribution >= 4 is 11.8 Å². The molecule has 1 aliphatic heterocycles. The van der Waals surface area contributed by atoms with Crippen LogP contribution in [0.4, 0.5) is 0 Å². The van der Waals surface area contributed by atoms with E-state index < -0.39 is 0 Å². The van der Waals surface area contributed by atoms with Crippen molar-refractivity contribution in [2.24, 2.45) is 0 Å². The molecule has 1 fully saturated rings. The summed E-state index contributed by atoms with van der Waals surface area (Å²) in [4.78, 5) is 0. The van der Waals surface area contributed by atoms with Gasteiger partial charge in [-0.05, 0) is 19.1 Å². The topological polar surface area (TPSA) is 35.8 Å². The first-order valence-electron chi connectivity index (χ1n) is 4.48. The van der Waals surface area contributed by atoms with Crippen LogP contribution in [0, 0.1) is 11.3 Å². The van der Waals surface area contributed by atoms with E-state index in [4.69, 9.17) is 5.26 Å². The van der Waals surface area contributed by atoms with Gasteiger partial charge in [-0.15, -0.1) is 0 Å². The Hall–Kier alpha value is -0.200. The summed E-state index contributed by atoms with van der Waals surface area (Å²) in [6.07, 6.45) is 1.87. The van der Waals surface area contributed by atoms with Crippen LogP contribution in [0.1, 0.15) is 26.7 Å². The summed E-state index contributed by atoms with van der Waals surface area (Å²) in [5, 5.41) is 12.7. The highest BCUT2D eigenvalue weighted by atomic mass is 32.2. The van der Waals surface area contributed by atoms with Gasteiger partial charge in [0.05, 0.1) is 12.5 Å². The molecule has 1 saturated heterocycles. The molecule has 2 nitrogen and oxygen atoms in total. The molecule has 3 atom stereocenters. The van der Waals surface area contributed by atoms with E-state index in [0.717, 1.165) is 0 Å². The second-order valence-electron chi connectivity index (χ2n) is 3.40. The average molecular weight is 184 g/mol. The smallest absolute Gasteiger partial charge is 0.0638 e. The lowest BCUT2D eigenvalue weighted by molar-refractivity contribution is 0.447. The predicted octanol–water partition coefficient (Wildman–Crippen LogP) is 1.77. The molecule has 3 unspecified atom stereocenters. The van der Waals surface area contributed by atoms with E-state index >= 15 is 0 Å². The normalized spacial score (nSPS) is 31.4. The third-order valence-electron chi connectivity index (χ3n) is 2.27. The highest BCUT2D eigenvalue weighted by Gasteiger charge is 2.24. The van der Waals surface area contributed by atoms with Crippen molar-refractivity contribution in [2.45, 2.75) is 44.0 Å². The first-order valence-corrected chi connectivity index (χ1v) is 5.53. The van der Waals surface area contributed by atoms with Crippen LogP contribution in [0.3, 0.4) is 0 Å². The van der Waals surface area contributed by atoms with Crippen LogP contribution in [0.25, 0.3) is 0 Å². The molecule has 1 heterocycles. The highest BCUT2D eigenvalue weighted by molar-refractivity contribution is 8.00. The summed E-state index contributed by atoms with van der Waals surface area (Å²) in [5.74, 6) is 1.26. The number of nitriles is 1. The lowest BCUT2D eigenvalue weighted by Crippen LogP contribution is -2.39. The quantitative estimate of drug-likeness (QED) is 0.726. The molecule has 1 rings (SSSR count). The van der Waals surface area contributed by atoms with Crippen LogP contribution in [0.2, 0.25) is 0 Å². The van der Waals surface area contributed by atoms with Crippen LogP contribution in [0.5, 0.6) is 0 Å². The van der Waals surface area contributed by atoms with Gasteiger partial charge in [-0.3, -0.25) is 0 Å². The van der Waals surface area contributed by atoms with Gasteiger partial charge in [0.1, 0.15) is 0 Å². The molecule has 0 aromatic rings. The maximum absolute atomic E-state index is 8.48. The average Bonchev–Trinajstić information content (AvgIpc) is 2.37. The van der Waals surface area contributed by atoms with Crippen molar-refractivity contribution in [2.75, 3.05) is 5.75 Å². The van der Waals surface area contributed by atoms with Crippen molar-refractivity contribution in [3.8, 4) is 6.07 Å². The molecule has 1 aliphatic rings. The molecular formula is C9H16N2S. The maximum Gasteiger partial charge on any atom is 0.0638 e. The summed E-state index contributed by atoms with van der Waals surface area (Å²) in [6, 6.07) is 3.16. The molecule has 0 radical (unpaired) electrons. The van der Waals surface area contributed by atoms with Crippen LogP contribution in [-0.4, -0.2) is 23.1 Å². The van der Waals surface area contributed by atoms with E-state index in [9.17, 15) is 0 Å². The van der Waals surface area contributed by atoms with Crippen molar-refractivity contribution in [1.29, 1.82) is 5.26 Å². The monoisotopic (exact) mass is 184 g/mol. The Balaban J connectivity index is 2.26. The van der Waals surface area contributed by atoms with Gasteiger partial charge in [-0.2, -0.15) is 17.0 Å². The fourth-order valence-electron chi connectivity index (χ4n) is 1.51. The number of thioether (sulfide) groups is 1. The number of rotatable bonds is 3. The molecule has 0 aromatic heterocycles. The van der Waals surface area contributed by atoms with Crippen molar-refractivity contribution in [3.63, 3.8) is 0 Å². The number of nitrogens with one attached hydrogen (secondary N) is 1. The first kappa shape index (κ1) is 9.88. The van der Waals surface area contributed by atoms with Crippen LogP contribution >= 0.6 is 11.8 Å². The molecule has 1 N–H and O–H groups in total. The standard InChI is InChI=1S/C9H16N2S/c1-7(3-5-10)11-9-4-6-12-8(9)2/h7-9,11H,3-4,6H2,1-2H3. The van der Waals surface area contributed by atoms with Crippen LogP contribution in [0.15, 0.2) is 0 Å². The van der Waals surface area contributed by atoms with E-state index in [1.54, 1.807) is 0 Å². The van der Waals surface area contributed by atoms with Gasteiger partial charge in [-0.25, -0.2) is 0 Å². The summed E-state index contributed by atoms with van der Waals surface area (Å²) in [6.45, 7) is 4.34. The maximum atomic E-state index is 8.48. The minimum absolute atomic E-state index is 0.348. The molecule has 0 aliphatic carbocycles. The van der Waals surface area contributed by atoms with Gasteiger partial charge < -0.3 is 5.32 Å². The molecular weight excluding hydrogens is 168 g/mol. The summed E-state index contributed by atoms with van der Waals surface area (Å²) < 4.78 is 0. The molecule has 0 aromatic carbocycles. The second kappa shape index (κ2) is 4.74. The van der Waals surface area contributed by atoms with Gasteiger partial charge in [0.2, 0.25) is 0 Å². The van der Waals surface area contributed by atoms with Gasteiger partial charge in [0, 0.05) is 17.3 Å². The van der Waals surface area contributed by atoms with Crippen LogP contribution in [-0.2, 0) is 0 Å². The zero-order valence-corrected chi connectivity index (χ0v) is 8.53. The summed E-state index contributed by atoms with van der Waals surface area (Å²) >= 11 is 2.02. The van der Waals surface area contributed by atoms with E-state index in [1.165, 1.54) is 12.2 Å². The van der Waals surface area contributed by atoms with Gasteiger partial charge in [-0.1, -0.05) is 6.92 Å². The van der Waals surface area contributed by atoms with E-state index in [-0.39, 0.29) is 0 Å². The summed E-state index contributed by atoms with van der Waals surface area (Å²) in [7, 11) is 0. The van der Waals surface area contributed by atoms with Crippen molar-refractivity contribution in [1.82, 2.24) is 5.32 Å². The zero-order chi connectivity index (χ0) is 8.97. The Morgan fingerprint density at radius 2 is 2.50 bits per heavy atom. The van der Waals surface area contributed by atoms with Gasteiger partial charge >= 0.3 is 0 Å². The Bertz CT molecular complexity index is 176. The molecule has 0 saturated carbocycles. The number of nitrogens with zero attached hydrogens (tertiary/aromatic N) is 1. The van der Waals surface area contributed by atoms with Crippen molar-refractivity contribution < 1.29 is 0 Å². The third kappa shape index (κ3) is 2.69. The molecule has 0 spiro atoms. The zero-order valence-electron chi connectivity index (χ0n) is 7.71. The van der Waals surface area contributed by atoms with E-state index in [1.807, 2.05) is 11.8 Å². The van der Waals surface area contributed by atoms with Gasteiger partial charge in [0.15, 0.2) is 0 Å². The highest BCUT2D eigenvalue weighted by Crippen LogP contribution is 2.26. The Labute approximate surface area is 78.7 Å². The molecule has 12 heavy (non-hydrogen) atoms. The Morgan fingerprint density at radius 3 is 3.00 bits per heavy atom. The molecule has 0 bridgehead atoms. The second-order valence-corrected chi connectivity index (χ2v) is 4.89. The summed E-state index contributed by atoms with van der Waals surface area (Å²) in [5.41, 5.74) is 0. The number of hydrogen-bond donors (Lipinski definition) is 1. The SMILES string of the molecule is CC(CC#N)NC1CCSC1C. The first-order chi connectivity index (χ1) is 5.74. The number of hydrogen-bond acceptors (Lipinski definition) is 3. The molecule has 68 valence electrons. The minimum Gasteiger partial charge on any atom is -0.309 e. The molecule has 0 amide bonds. The third-order valence-corrected chi connectivity index (χ3v) is 3.60. The van der Waals surface area contributed by atoms with Gasteiger partial charge in [0.25, 0.3) is 0 Å². The Kier molecular flexibility index (Phi) is 3.90. The largest absolute Gasteiger partial charge is 0.309 e. The molecule has 3 heteroatoms. The van der Waals surface area contributed by atoms with E-state index in [0.29, 0.717) is 23.8 Å². The Morgan fingerprint density at radius 1 is 1.75 bits per heavy atom. The fourth-order valence-corrected chi connectivity index (χ4v) is 2.72. The predicted molar refractivity (Wildman–Crippen MR) is 53.2 cm³/mol. The lowest BCUT2D eigenvalue weighted by Gasteiger charge is -2.20. The van der Waals surface area contributed by atoms with Crippen molar-refractivity contribution in [3.05, 3.63) is 0 Å². The fraction of sp³-hybridized carbons (Fsp3) is 0.889. The lowest BCUT2D eigenvalue weighted by atomic mass is 10.1. The van der Waals surface area contributed by atoms with Crippen LogP contribution < -0.4 is 5.32 Å². The minimum atomic E-state index is 0.348.